The lowest BCUT2D eigenvalue weighted by molar-refractivity contribution is 0.509. The monoisotopic (exact) mass is 214 g/mol. The van der Waals surface area contributed by atoms with E-state index in [2.05, 4.69) is 9.97 Å². The minimum absolute atomic E-state index is 0.578. The molecule has 0 fully saturated rings. The number of anilines is 1. The molecule has 0 aliphatic rings. The number of hydrogen-bond acceptors (Lipinski definition) is 4. The summed E-state index contributed by atoms with van der Waals surface area (Å²) in [7, 11) is 0. The first-order valence-electron chi connectivity index (χ1n) is 4.92. The zero-order chi connectivity index (χ0) is 11.0. The highest BCUT2D eigenvalue weighted by Crippen LogP contribution is 2.18. The van der Waals surface area contributed by atoms with Gasteiger partial charge in [0.05, 0.1) is 6.33 Å². The van der Waals surface area contributed by atoms with Gasteiger partial charge in [-0.25, -0.2) is 9.97 Å². The Balaban J connectivity index is 1.99. The summed E-state index contributed by atoms with van der Waals surface area (Å²) in [6, 6.07) is 5.43. The van der Waals surface area contributed by atoms with E-state index < -0.39 is 0 Å². The van der Waals surface area contributed by atoms with Crippen molar-refractivity contribution >= 4 is 16.8 Å². The average molecular weight is 214 g/mol. The largest absolute Gasteiger partial charge is 0.439 e. The first-order chi connectivity index (χ1) is 7.81. The van der Waals surface area contributed by atoms with Crippen LogP contribution >= 0.6 is 0 Å². The summed E-state index contributed by atoms with van der Waals surface area (Å²) in [5.74, 6) is 0.651. The second-order valence-corrected chi connectivity index (χ2v) is 3.57. The molecule has 0 atom stereocenters. The number of fused-ring (bicyclic) bond motifs is 1. The first-order valence-corrected chi connectivity index (χ1v) is 4.92. The van der Waals surface area contributed by atoms with Crippen LogP contribution in [0.5, 0.6) is 0 Å². The summed E-state index contributed by atoms with van der Waals surface area (Å²) in [6.07, 6.45) is 5.31. The Morgan fingerprint density at radius 2 is 2.31 bits per heavy atom. The summed E-state index contributed by atoms with van der Waals surface area (Å²) < 4.78 is 7.48. The molecule has 0 radical (unpaired) electrons. The molecule has 3 rings (SSSR count). The molecule has 0 amide bonds. The molecule has 0 spiro atoms. The lowest BCUT2D eigenvalue weighted by atomic mass is 10.3. The van der Waals surface area contributed by atoms with Crippen LogP contribution in [-0.2, 0) is 6.54 Å². The number of nitrogens with two attached hydrogens (primary N) is 1. The smallest absolute Gasteiger partial charge is 0.215 e. The Morgan fingerprint density at radius 3 is 3.12 bits per heavy atom. The standard InChI is InChI=1S/C11H10N4O/c12-8-1-2-10-9(5-8)14-11(16-10)6-15-4-3-13-7-15/h1-5,7H,6,12H2. The minimum Gasteiger partial charge on any atom is -0.439 e. The summed E-state index contributed by atoms with van der Waals surface area (Å²) in [6.45, 7) is 0.578. The third-order valence-electron chi connectivity index (χ3n) is 2.33. The fourth-order valence-electron chi connectivity index (χ4n) is 1.60. The molecule has 0 aliphatic carbocycles. The van der Waals surface area contributed by atoms with Crippen LogP contribution in [0.25, 0.3) is 11.1 Å². The van der Waals surface area contributed by atoms with Crippen molar-refractivity contribution < 1.29 is 4.42 Å². The SMILES string of the molecule is Nc1ccc2oc(Cn3ccnc3)nc2c1. The molecule has 16 heavy (non-hydrogen) atoms. The predicted molar refractivity (Wildman–Crippen MR) is 59.8 cm³/mol. The van der Waals surface area contributed by atoms with Crippen LogP contribution in [0.15, 0.2) is 41.3 Å². The van der Waals surface area contributed by atoms with Crippen molar-refractivity contribution in [1.29, 1.82) is 0 Å². The third kappa shape index (κ3) is 1.52. The molecule has 0 saturated heterocycles. The van der Waals surface area contributed by atoms with Crippen molar-refractivity contribution in [2.24, 2.45) is 0 Å². The van der Waals surface area contributed by atoms with E-state index in [1.165, 1.54) is 0 Å². The Labute approximate surface area is 91.5 Å². The van der Waals surface area contributed by atoms with Gasteiger partial charge in [-0.05, 0) is 18.2 Å². The fraction of sp³-hybridized carbons (Fsp3) is 0.0909. The number of hydrogen-bond donors (Lipinski definition) is 1. The number of imidazole rings is 1. The molecule has 3 aromatic rings. The molecule has 5 nitrogen and oxygen atoms in total. The van der Waals surface area contributed by atoms with E-state index in [4.69, 9.17) is 10.2 Å². The maximum atomic E-state index is 5.67. The second-order valence-electron chi connectivity index (χ2n) is 3.57. The lowest BCUT2D eigenvalue weighted by Gasteiger charge is -1.94. The molecule has 0 aliphatic heterocycles. The fourth-order valence-corrected chi connectivity index (χ4v) is 1.60. The number of nitrogen functional groups attached to an aromatic ring is 1. The van der Waals surface area contributed by atoms with Crippen LogP contribution in [0.3, 0.4) is 0 Å². The molecule has 0 saturated carbocycles. The van der Waals surface area contributed by atoms with Gasteiger partial charge in [0, 0.05) is 18.1 Å². The summed E-state index contributed by atoms with van der Waals surface area (Å²) >= 11 is 0. The van der Waals surface area contributed by atoms with Gasteiger partial charge in [0.25, 0.3) is 0 Å². The van der Waals surface area contributed by atoms with E-state index in [-0.39, 0.29) is 0 Å². The highest BCUT2D eigenvalue weighted by Gasteiger charge is 2.05. The van der Waals surface area contributed by atoms with Gasteiger partial charge in [-0.3, -0.25) is 0 Å². The molecule has 5 heteroatoms. The first kappa shape index (κ1) is 8.96. The molecule has 2 N–H and O–H groups in total. The van der Waals surface area contributed by atoms with Gasteiger partial charge < -0.3 is 14.7 Å². The maximum Gasteiger partial charge on any atom is 0.215 e. The van der Waals surface area contributed by atoms with Gasteiger partial charge in [0.15, 0.2) is 5.58 Å². The summed E-state index contributed by atoms with van der Waals surface area (Å²) in [4.78, 5) is 8.31. The molecule has 2 heterocycles. The van der Waals surface area contributed by atoms with E-state index in [1.54, 1.807) is 24.7 Å². The molecule has 0 bridgehead atoms. The maximum absolute atomic E-state index is 5.67. The van der Waals surface area contributed by atoms with Crippen LogP contribution in [0.4, 0.5) is 5.69 Å². The van der Waals surface area contributed by atoms with Crippen molar-refractivity contribution in [1.82, 2.24) is 14.5 Å². The molecule has 1 aromatic carbocycles. The average Bonchev–Trinajstić information content (AvgIpc) is 2.86. The van der Waals surface area contributed by atoms with Gasteiger partial charge >= 0.3 is 0 Å². The van der Waals surface area contributed by atoms with Gasteiger partial charge in [0.2, 0.25) is 5.89 Å². The highest BCUT2D eigenvalue weighted by molar-refractivity contribution is 5.76. The Hall–Kier alpha value is -2.30. The highest BCUT2D eigenvalue weighted by atomic mass is 16.3. The van der Waals surface area contributed by atoms with Crippen LogP contribution in [0.2, 0.25) is 0 Å². The number of nitrogens with zero attached hydrogens (tertiary/aromatic N) is 3. The Bertz CT molecular complexity index is 612. The van der Waals surface area contributed by atoms with Crippen molar-refractivity contribution in [3.05, 3.63) is 42.8 Å². The van der Waals surface area contributed by atoms with Crippen molar-refractivity contribution in [2.75, 3.05) is 5.73 Å². The van der Waals surface area contributed by atoms with E-state index in [0.717, 1.165) is 11.1 Å². The molecule has 80 valence electrons. The van der Waals surface area contributed by atoms with Crippen LogP contribution in [0.1, 0.15) is 5.89 Å². The van der Waals surface area contributed by atoms with Gasteiger partial charge in [-0.2, -0.15) is 0 Å². The number of aromatic nitrogens is 3. The normalized spacial score (nSPS) is 11.0. The zero-order valence-electron chi connectivity index (χ0n) is 8.50. The summed E-state index contributed by atoms with van der Waals surface area (Å²) in [5, 5.41) is 0. The van der Waals surface area contributed by atoms with E-state index >= 15 is 0 Å². The van der Waals surface area contributed by atoms with Crippen LogP contribution in [-0.4, -0.2) is 14.5 Å². The predicted octanol–water partition coefficient (Wildman–Crippen LogP) is 1.65. The lowest BCUT2D eigenvalue weighted by Crippen LogP contribution is -1.95. The quantitative estimate of drug-likeness (QED) is 0.658. The molecular weight excluding hydrogens is 204 g/mol. The van der Waals surface area contributed by atoms with Crippen molar-refractivity contribution in [3.8, 4) is 0 Å². The number of benzene rings is 1. The van der Waals surface area contributed by atoms with Crippen LogP contribution in [0, 0.1) is 0 Å². The van der Waals surface area contributed by atoms with E-state index in [1.807, 2.05) is 16.8 Å². The summed E-state index contributed by atoms with van der Waals surface area (Å²) in [5.41, 5.74) is 7.90. The second kappa shape index (κ2) is 3.37. The van der Waals surface area contributed by atoms with Gasteiger partial charge in [-0.15, -0.1) is 0 Å². The topological polar surface area (TPSA) is 69.9 Å². The van der Waals surface area contributed by atoms with Crippen molar-refractivity contribution in [2.45, 2.75) is 6.54 Å². The number of oxazole rings is 1. The van der Waals surface area contributed by atoms with E-state index in [0.29, 0.717) is 18.1 Å². The van der Waals surface area contributed by atoms with E-state index in [9.17, 15) is 0 Å². The molecular formula is C11H10N4O. The molecule has 2 aromatic heterocycles. The van der Waals surface area contributed by atoms with Gasteiger partial charge in [-0.1, -0.05) is 0 Å². The minimum atomic E-state index is 0.578. The Morgan fingerprint density at radius 1 is 1.38 bits per heavy atom. The van der Waals surface area contributed by atoms with Gasteiger partial charge in [0.1, 0.15) is 12.1 Å². The Kier molecular flexibility index (Phi) is 1.89. The number of rotatable bonds is 2. The zero-order valence-corrected chi connectivity index (χ0v) is 8.50. The third-order valence-corrected chi connectivity index (χ3v) is 2.33. The van der Waals surface area contributed by atoms with Crippen molar-refractivity contribution in [3.63, 3.8) is 0 Å². The van der Waals surface area contributed by atoms with Crippen LogP contribution < -0.4 is 5.73 Å². The molecule has 0 unspecified atom stereocenters.